The third-order valence-corrected chi connectivity index (χ3v) is 7.87. The fourth-order valence-corrected chi connectivity index (χ4v) is 4.99. The summed E-state index contributed by atoms with van der Waals surface area (Å²) < 4.78 is 95.4. The summed E-state index contributed by atoms with van der Waals surface area (Å²) in [6, 6.07) is 3.55. The lowest BCUT2D eigenvalue weighted by Crippen LogP contribution is -2.32. The molecule has 0 radical (unpaired) electrons. The Balaban J connectivity index is 1.99. The van der Waals surface area contributed by atoms with Gasteiger partial charge in [-0.15, -0.1) is 11.3 Å². The average molecular weight is 498 g/mol. The van der Waals surface area contributed by atoms with Crippen LogP contribution in [-0.2, 0) is 27.0 Å². The van der Waals surface area contributed by atoms with Crippen molar-refractivity contribution in [2.24, 2.45) is 0 Å². The van der Waals surface area contributed by atoms with Crippen LogP contribution in [0.3, 0.4) is 0 Å². The summed E-state index contributed by atoms with van der Waals surface area (Å²) in [5.74, 6) is -6.35. The van der Waals surface area contributed by atoms with Crippen molar-refractivity contribution < 1.29 is 39.9 Å². The lowest BCUT2D eigenvalue weighted by atomic mass is 10.2. The molecule has 3 rings (SSSR count). The maximum atomic E-state index is 13.8. The normalized spacial score (nSPS) is 15.0. The number of hydrogen-bond donors (Lipinski definition) is 1. The van der Waals surface area contributed by atoms with Crippen LogP contribution in [0.15, 0.2) is 23.1 Å². The molecule has 0 atom stereocenters. The van der Waals surface area contributed by atoms with E-state index in [0.29, 0.717) is 11.8 Å². The predicted octanol–water partition coefficient (Wildman–Crippen LogP) is 4.87. The fourth-order valence-electron chi connectivity index (χ4n) is 2.90. The summed E-state index contributed by atoms with van der Waals surface area (Å²) in [6.45, 7) is 1.02. The molecule has 2 heterocycles. The summed E-state index contributed by atoms with van der Waals surface area (Å²) in [5.41, 5.74) is 0.449. The van der Waals surface area contributed by atoms with E-state index in [9.17, 15) is 35.2 Å². The molecule has 13 heteroatoms. The van der Waals surface area contributed by atoms with Gasteiger partial charge in [0.2, 0.25) is 0 Å². The van der Waals surface area contributed by atoms with Gasteiger partial charge in [-0.05, 0) is 36.6 Å². The van der Waals surface area contributed by atoms with Gasteiger partial charge in [0.05, 0.1) is 17.7 Å². The van der Waals surface area contributed by atoms with Crippen LogP contribution in [0, 0.1) is 0 Å². The number of thiophene rings is 1. The van der Waals surface area contributed by atoms with Crippen LogP contribution < -0.4 is 5.32 Å². The minimum absolute atomic E-state index is 0.0298. The number of halogens is 5. The molecule has 2 aromatic rings. The van der Waals surface area contributed by atoms with Crippen LogP contribution in [0.5, 0.6) is 0 Å². The second-order valence-electron chi connectivity index (χ2n) is 7.14. The number of pyridine rings is 1. The van der Waals surface area contributed by atoms with Crippen LogP contribution in [-0.4, -0.2) is 38.4 Å². The SMILES string of the molecule is CCS(=O)(=O)c1ccc(C2CC2)nc1NCc1cc(C(F)(F)C(F)(F)F)sc1C(=O)OC. The van der Waals surface area contributed by atoms with Crippen molar-refractivity contribution in [2.45, 2.75) is 49.2 Å². The molecule has 6 nitrogen and oxygen atoms in total. The molecule has 1 N–H and O–H groups in total. The fraction of sp³-hybridized carbons (Fsp3) is 0.474. The van der Waals surface area contributed by atoms with E-state index >= 15 is 0 Å². The van der Waals surface area contributed by atoms with E-state index in [2.05, 4.69) is 15.0 Å². The zero-order valence-corrected chi connectivity index (χ0v) is 18.6. The van der Waals surface area contributed by atoms with Gasteiger partial charge in [0.25, 0.3) is 0 Å². The topological polar surface area (TPSA) is 85.4 Å². The number of nitrogens with zero attached hydrogens (tertiary/aromatic N) is 1. The molecular weight excluding hydrogens is 479 g/mol. The number of hydrogen-bond acceptors (Lipinski definition) is 7. The molecular formula is C19H19F5N2O4S2. The van der Waals surface area contributed by atoms with Gasteiger partial charge >= 0.3 is 18.1 Å². The third-order valence-electron chi connectivity index (χ3n) is 4.88. The number of methoxy groups -OCH3 is 1. The number of alkyl halides is 5. The van der Waals surface area contributed by atoms with Crippen molar-refractivity contribution in [3.8, 4) is 0 Å². The van der Waals surface area contributed by atoms with Gasteiger partial charge in [0.15, 0.2) is 9.84 Å². The third kappa shape index (κ3) is 4.72. The minimum Gasteiger partial charge on any atom is -0.465 e. The monoisotopic (exact) mass is 498 g/mol. The van der Waals surface area contributed by atoms with Gasteiger partial charge in [0.1, 0.15) is 15.6 Å². The lowest BCUT2D eigenvalue weighted by Gasteiger charge is -2.17. The van der Waals surface area contributed by atoms with E-state index in [-0.39, 0.29) is 39.3 Å². The first-order valence-electron chi connectivity index (χ1n) is 9.45. The van der Waals surface area contributed by atoms with E-state index in [4.69, 9.17) is 0 Å². The number of sulfone groups is 1. The van der Waals surface area contributed by atoms with E-state index in [1.54, 1.807) is 6.07 Å². The first-order chi connectivity index (χ1) is 14.8. The number of aromatic nitrogens is 1. The molecule has 32 heavy (non-hydrogen) atoms. The van der Waals surface area contributed by atoms with E-state index in [0.717, 1.165) is 20.0 Å². The Morgan fingerprint density at radius 3 is 2.44 bits per heavy atom. The number of ether oxygens (including phenoxy) is 1. The largest absolute Gasteiger partial charge is 0.465 e. The Hall–Kier alpha value is -2.28. The molecule has 1 aliphatic carbocycles. The smallest absolute Gasteiger partial charge is 0.458 e. The first-order valence-corrected chi connectivity index (χ1v) is 11.9. The molecule has 0 saturated heterocycles. The highest BCUT2D eigenvalue weighted by Crippen LogP contribution is 2.47. The van der Waals surface area contributed by atoms with Crippen LogP contribution in [0.4, 0.5) is 27.8 Å². The zero-order valence-electron chi connectivity index (χ0n) is 16.9. The molecule has 0 unspecified atom stereocenters. The highest BCUT2D eigenvalue weighted by Gasteiger charge is 2.60. The summed E-state index contributed by atoms with van der Waals surface area (Å²) in [4.78, 5) is 14.4. The zero-order chi connectivity index (χ0) is 23.9. The molecule has 2 aromatic heterocycles. The number of carbonyl (C=O) groups excluding carboxylic acids is 1. The molecule has 0 aromatic carbocycles. The number of carbonyl (C=O) groups is 1. The average Bonchev–Trinajstić information content (AvgIpc) is 3.49. The summed E-state index contributed by atoms with van der Waals surface area (Å²) in [5, 5.41) is 2.70. The quantitative estimate of drug-likeness (QED) is 0.413. The molecule has 176 valence electrons. The minimum atomic E-state index is -5.85. The molecule has 0 bridgehead atoms. The summed E-state index contributed by atoms with van der Waals surface area (Å²) >= 11 is -0.0298. The Bertz CT molecular complexity index is 1130. The Kier molecular flexibility index (Phi) is 6.53. The molecule has 0 aliphatic heterocycles. The number of nitrogens with one attached hydrogen (secondary N) is 1. The van der Waals surface area contributed by atoms with Gasteiger partial charge in [0, 0.05) is 18.2 Å². The highest BCUT2D eigenvalue weighted by atomic mass is 32.2. The van der Waals surface area contributed by atoms with Crippen molar-refractivity contribution >= 4 is 33.0 Å². The van der Waals surface area contributed by atoms with E-state index in [1.165, 1.54) is 13.0 Å². The second kappa shape index (κ2) is 8.58. The Morgan fingerprint density at radius 1 is 1.25 bits per heavy atom. The highest BCUT2D eigenvalue weighted by molar-refractivity contribution is 7.91. The van der Waals surface area contributed by atoms with Gasteiger partial charge < -0.3 is 10.1 Å². The van der Waals surface area contributed by atoms with Crippen LogP contribution in [0.2, 0.25) is 0 Å². The van der Waals surface area contributed by atoms with E-state index in [1.807, 2.05) is 0 Å². The maximum absolute atomic E-state index is 13.8. The molecule has 1 saturated carbocycles. The van der Waals surface area contributed by atoms with Crippen molar-refractivity contribution in [2.75, 3.05) is 18.2 Å². The van der Waals surface area contributed by atoms with Gasteiger partial charge in [-0.3, -0.25) is 0 Å². The van der Waals surface area contributed by atoms with Gasteiger partial charge in [-0.25, -0.2) is 18.2 Å². The van der Waals surface area contributed by atoms with Crippen molar-refractivity contribution in [1.82, 2.24) is 4.98 Å². The van der Waals surface area contributed by atoms with Crippen molar-refractivity contribution in [3.05, 3.63) is 39.2 Å². The van der Waals surface area contributed by atoms with Crippen molar-refractivity contribution in [3.63, 3.8) is 0 Å². The predicted molar refractivity (Wildman–Crippen MR) is 107 cm³/mol. The van der Waals surface area contributed by atoms with Crippen molar-refractivity contribution in [1.29, 1.82) is 0 Å². The Morgan fingerprint density at radius 2 is 1.91 bits per heavy atom. The van der Waals surface area contributed by atoms with Gasteiger partial charge in [-0.2, -0.15) is 22.0 Å². The standard InChI is InChI=1S/C19H19F5N2O4S2/c1-3-32(28,29)13-7-6-12(10-4-5-10)26-16(13)25-9-11-8-14(18(20,21)19(22,23)24)31-15(11)17(27)30-2/h6-8,10H,3-5,9H2,1-2H3,(H,25,26). The van der Waals surface area contributed by atoms with Crippen LogP contribution in [0.1, 0.15) is 51.5 Å². The number of rotatable bonds is 8. The molecule has 1 aliphatic rings. The second-order valence-corrected chi connectivity index (χ2v) is 10.4. The maximum Gasteiger partial charge on any atom is 0.458 e. The Labute approximate surface area is 184 Å². The first kappa shape index (κ1) is 24.4. The van der Waals surface area contributed by atoms with E-state index < -0.39 is 44.2 Å². The lowest BCUT2D eigenvalue weighted by molar-refractivity contribution is -0.287. The van der Waals surface area contributed by atoms with Crippen LogP contribution >= 0.6 is 11.3 Å². The summed E-state index contributed by atoms with van der Waals surface area (Å²) in [6.07, 6.45) is -4.07. The van der Waals surface area contributed by atoms with Crippen LogP contribution in [0.25, 0.3) is 0 Å². The number of esters is 1. The summed E-state index contributed by atoms with van der Waals surface area (Å²) in [7, 11) is -2.74. The van der Waals surface area contributed by atoms with Gasteiger partial charge in [-0.1, -0.05) is 6.92 Å². The molecule has 0 amide bonds. The molecule has 1 fully saturated rings. The molecule has 0 spiro atoms. The number of anilines is 1.